The molecule has 0 aromatic heterocycles. The standard InChI is InChI=1S/C15H26N2O/c18-15(17-14-4-2-1-3-5-14)16-10-13-9-11-6-7-12(13)8-11/h11-14H,1-10H2,(H2,16,17,18)/t11-,12-,13-/m1/s1. The fourth-order valence-electron chi connectivity index (χ4n) is 4.33. The van der Waals surface area contributed by atoms with E-state index in [1.165, 1.54) is 57.8 Å². The van der Waals surface area contributed by atoms with Gasteiger partial charge in [0.25, 0.3) is 0 Å². The molecule has 0 aliphatic heterocycles. The van der Waals surface area contributed by atoms with Crippen molar-refractivity contribution in [2.45, 2.75) is 63.8 Å². The van der Waals surface area contributed by atoms with Crippen LogP contribution < -0.4 is 10.6 Å². The molecule has 102 valence electrons. The minimum absolute atomic E-state index is 0.0738. The van der Waals surface area contributed by atoms with Gasteiger partial charge in [-0.2, -0.15) is 0 Å². The molecule has 3 atom stereocenters. The van der Waals surface area contributed by atoms with Crippen molar-refractivity contribution in [3.63, 3.8) is 0 Å². The summed E-state index contributed by atoms with van der Waals surface area (Å²) in [6.07, 6.45) is 11.9. The van der Waals surface area contributed by atoms with Crippen molar-refractivity contribution in [1.29, 1.82) is 0 Å². The second kappa shape index (κ2) is 5.50. The highest BCUT2D eigenvalue weighted by molar-refractivity contribution is 5.74. The number of amides is 2. The topological polar surface area (TPSA) is 41.1 Å². The molecule has 2 amide bonds. The Kier molecular flexibility index (Phi) is 3.76. The number of hydrogen-bond donors (Lipinski definition) is 2. The molecule has 3 aliphatic rings. The fraction of sp³-hybridized carbons (Fsp3) is 0.933. The molecule has 3 saturated carbocycles. The zero-order chi connectivity index (χ0) is 12.4. The molecule has 0 heterocycles. The van der Waals surface area contributed by atoms with Gasteiger partial charge in [-0.3, -0.25) is 0 Å². The first-order valence-corrected chi connectivity index (χ1v) is 7.85. The fourth-order valence-corrected chi connectivity index (χ4v) is 4.33. The van der Waals surface area contributed by atoms with Gasteiger partial charge in [0.1, 0.15) is 0 Å². The number of nitrogens with one attached hydrogen (secondary N) is 2. The Hall–Kier alpha value is -0.730. The van der Waals surface area contributed by atoms with Crippen molar-refractivity contribution < 1.29 is 4.79 Å². The van der Waals surface area contributed by atoms with E-state index in [-0.39, 0.29) is 6.03 Å². The Morgan fingerprint density at radius 3 is 2.50 bits per heavy atom. The molecule has 3 heteroatoms. The van der Waals surface area contributed by atoms with Gasteiger partial charge < -0.3 is 10.6 Å². The van der Waals surface area contributed by atoms with Gasteiger partial charge >= 0.3 is 6.03 Å². The van der Waals surface area contributed by atoms with Gasteiger partial charge in [-0.25, -0.2) is 4.79 Å². The smallest absolute Gasteiger partial charge is 0.315 e. The average molecular weight is 250 g/mol. The SMILES string of the molecule is O=C(NC[C@H]1C[C@@H]2CC[C@@H]1C2)NC1CCCCC1. The van der Waals surface area contributed by atoms with Crippen molar-refractivity contribution in [2.24, 2.45) is 17.8 Å². The molecule has 3 aliphatic carbocycles. The number of carbonyl (C=O) groups excluding carboxylic acids is 1. The van der Waals surface area contributed by atoms with Gasteiger partial charge in [0, 0.05) is 12.6 Å². The molecule has 0 spiro atoms. The number of urea groups is 1. The first-order valence-electron chi connectivity index (χ1n) is 7.85. The van der Waals surface area contributed by atoms with E-state index in [0.717, 1.165) is 24.3 Å². The molecule has 0 aromatic rings. The van der Waals surface area contributed by atoms with Crippen molar-refractivity contribution in [3.05, 3.63) is 0 Å². The second-order valence-electron chi connectivity index (χ2n) is 6.62. The summed E-state index contributed by atoms with van der Waals surface area (Å²) in [7, 11) is 0. The van der Waals surface area contributed by atoms with Crippen LogP contribution in [0.25, 0.3) is 0 Å². The Labute approximate surface area is 110 Å². The summed E-state index contributed by atoms with van der Waals surface area (Å²) < 4.78 is 0. The van der Waals surface area contributed by atoms with Gasteiger partial charge in [0.05, 0.1) is 0 Å². The molecule has 0 unspecified atom stereocenters. The van der Waals surface area contributed by atoms with E-state index >= 15 is 0 Å². The van der Waals surface area contributed by atoms with Crippen LogP contribution in [0.5, 0.6) is 0 Å². The van der Waals surface area contributed by atoms with Crippen molar-refractivity contribution >= 4 is 6.03 Å². The van der Waals surface area contributed by atoms with E-state index in [2.05, 4.69) is 10.6 Å². The summed E-state index contributed by atoms with van der Waals surface area (Å²) in [5, 5.41) is 6.24. The van der Waals surface area contributed by atoms with E-state index in [1.54, 1.807) is 0 Å². The van der Waals surface area contributed by atoms with E-state index in [9.17, 15) is 4.79 Å². The third kappa shape index (κ3) is 2.81. The maximum Gasteiger partial charge on any atom is 0.315 e. The normalized spacial score (nSPS) is 35.7. The van der Waals surface area contributed by atoms with Gasteiger partial charge in [0.2, 0.25) is 0 Å². The number of carbonyl (C=O) groups is 1. The summed E-state index contributed by atoms with van der Waals surface area (Å²) in [4.78, 5) is 11.9. The first kappa shape index (κ1) is 12.3. The van der Waals surface area contributed by atoms with Gasteiger partial charge in [-0.05, 0) is 49.9 Å². The molecule has 3 rings (SSSR count). The summed E-state index contributed by atoms with van der Waals surface area (Å²) in [5.74, 6) is 2.65. The Morgan fingerprint density at radius 2 is 1.83 bits per heavy atom. The minimum Gasteiger partial charge on any atom is -0.338 e. The molecule has 0 radical (unpaired) electrons. The highest BCUT2D eigenvalue weighted by atomic mass is 16.2. The van der Waals surface area contributed by atoms with Crippen molar-refractivity contribution in [1.82, 2.24) is 10.6 Å². The first-order chi connectivity index (χ1) is 8.81. The lowest BCUT2D eigenvalue weighted by Crippen LogP contribution is -2.44. The maximum absolute atomic E-state index is 11.9. The Balaban J connectivity index is 1.36. The highest BCUT2D eigenvalue weighted by Crippen LogP contribution is 2.47. The van der Waals surface area contributed by atoms with Gasteiger partial charge in [0.15, 0.2) is 0 Å². The lowest BCUT2D eigenvalue weighted by molar-refractivity contribution is 0.227. The maximum atomic E-state index is 11.9. The molecule has 3 fully saturated rings. The van der Waals surface area contributed by atoms with Crippen molar-refractivity contribution in [2.75, 3.05) is 6.54 Å². The van der Waals surface area contributed by atoms with Crippen LogP contribution in [-0.4, -0.2) is 18.6 Å². The molecule has 0 aromatic carbocycles. The van der Waals surface area contributed by atoms with Crippen molar-refractivity contribution in [3.8, 4) is 0 Å². The number of fused-ring (bicyclic) bond motifs is 2. The van der Waals surface area contributed by atoms with Crippen LogP contribution in [0.1, 0.15) is 57.8 Å². The largest absolute Gasteiger partial charge is 0.338 e. The average Bonchev–Trinajstić information content (AvgIpc) is 3.00. The minimum atomic E-state index is 0.0738. The zero-order valence-electron chi connectivity index (χ0n) is 11.3. The highest BCUT2D eigenvalue weighted by Gasteiger charge is 2.39. The summed E-state index contributed by atoms with van der Waals surface area (Å²) in [6.45, 7) is 0.902. The van der Waals surface area contributed by atoms with E-state index in [1.807, 2.05) is 0 Å². The number of hydrogen-bond acceptors (Lipinski definition) is 1. The molecular weight excluding hydrogens is 224 g/mol. The molecule has 2 N–H and O–H groups in total. The molecule has 3 nitrogen and oxygen atoms in total. The zero-order valence-corrected chi connectivity index (χ0v) is 11.3. The molecule has 0 saturated heterocycles. The van der Waals surface area contributed by atoms with Crippen LogP contribution in [0.4, 0.5) is 4.79 Å². The quantitative estimate of drug-likeness (QED) is 0.794. The Morgan fingerprint density at radius 1 is 1.00 bits per heavy atom. The number of rotatable bonds is 3. The lowest BCUT2D eigenvalue weighted by Gasteiger charge is -2.25. The monoisotopic (exact) mass is 250 g/mol. The predicted molar refractivity (Wildman–Crippen MR) is 72.3 cm³/mol. The van der Waals surface area contributed by atoms with Crippen LogP contribution >= 0.6 is 0 Å². The second-order valence-corrected chi connectivity index (χ2v) is 6.62. The van der Waals surface area contributed by atoms with Gasteiger partial charge in [-0.1, -0.05) is 25.7 Å². The van der Waals surface area contributed by atoms with Gasteiger partial charge in [-0.15, -0.1) is 0 Å². The lowest BCUT2D eigenvalue weighted by atomic mass is 9.89. The summed E-state index contributed by atoms with van der Waals surface area (Å²) >= 11 is 0. The van der Waals surface area contributed by atoms with E-state index in [0.29, 0.717) is 6.04 Å². The molecule has 2 bridgehead atoms. The van der Waals surface area contributed by atoms with Crippen LogP contribution in [0.3, 0.4) is 0 Å². The third-order valence-corrected chi connectivity index (χ3v) is 5.35. The van der Waals surface area contributed by atoms with Crippen LogP contribution in [0.2, 0.25) is 0 Å². The Bertz CT molecular complexity index is 299. The van der Waals surface area contributed by atoms with Crippen LogP contribution in [-0.2, 0) is 0 Å². The van der Waals surface area contributed by atoms with Crippen LogP contribution in [0.15, 0.2) is 0 Å². The van der Waals surface area contributed by atoms with E-state index in [4.69, 9.17) is 0 Å². The molecule has 18 heavy (non-hydrogen) atoms. The predicted octanol–water partition coefficient (Wildman–Crippen LogP) is 3.05. The summed E-state index contributed by atoms with van der Waals surface area (Å²) in [5.41, 5.74) is 0. The van der Waals surface area contributed by atoms with E-state index < -0.39 is 0 Å². The third-order valence-electron chi connectivity index (χ3n) is 5.35. The van der Waals surface area contributed by atoms with Crippen LogP contribution in [0, 0.1) is 17.8 Å². The molecular formula is C15H26N2O. The summed E-state index contributed by atoms with van der Waals surface area (Å²) in [6, 6.07) is 0.503.